The minimum atomic E-state index is 0.588. The molecular formula is C29H36. The standard InChI is InChI=1S/C29H36/c1-6-7-8-12-28-24(17-18-29(28)27-15-13-22(4)19-27)16-14-23(5)26-11-9-10-25(20-26)21(2)3/h9-11,15,17-20,28H,2,5-8,12-14,16H2,1,3-4H3. The Balaban J connectivity index is 1.66. The zero-order valence-electron chi connectivity index (χ0n) is 18.6. The third-order valence-corrected chi connectivity index (χ3v) is 6.25. The van der Waals surface area contributed by atoms with Crippen LogP contribution in [0.3, 0.4) is 0 Å². The summed E-state index contributed by atoms with van der Waals surface area (Å²) in [6, 6.07) is 8.65. The van der Waals surface area contributed by atoms with E-state index in [0.29, 0.717) is 5.92 Å². The summed E-state index contributed by atoms with van der Waals surface area (Å²) in [6.45, 7) is 15.1. The molecule has 0 aliphatic heterocycles. The Bertz CT molecular complexity index is 898. The van der Waals surface area contributed by atoms with Gasteiger partial charge in [-0.2, -0.15) is 0 Å². The van der Waals surface area contributed by atoms with Crippen LogP contribution >= 0.6 is 0 Å². The molecule has 1 aromatic carbocycles. The zero-order valence-corrected chi connectivity index (χ0v) is 18.6. The number of hydrogen-bond acceptors (Lipinski definition) is 0. The lowest BCUT2D eigenvalue weighted by atomic mass is 9.84. The van der Waals surface area contributed by atoms with Gasteiger partial charge in [0.25, 0.3) is 0 Å². The average Bonchev–Trinajstić information content (AvgIpc) is 3.32. The fraction of sp³-hybridized carbons (Fsp3) is 0.379. The predicted molar refractivity (Wildman–Crippen MR) is 130 cm³/mol. The molecule has 0 N–H and O–H groups in total. The van der Waals surface area contributed by atoms with E-state index in [0.717, 1.165) is 24.8 Å². The number of unbranched alkanes of at least 4 members (excludes halogenated alkanes) is 2. The van der Waals surface area contributed by atoms with Crippen molar-refractivity contribution in [2.24, 2.45) is 5.92 Å². The molecule has 0 amide bonds. The Hall–Kier alpha value is -2.34. The highest BCUT2D eigenvalue weighted by molar-refractivity contribution is 5.70. The first-order chi connectivity index (χ1) is 14.0. The highest BCUT2D eigenvalue weighted by Crippen LogP contribution is 2.41. The van der Waals surface area contributed by atoms with Crippen LogP contribution in [-0.4, -0.2) is 0 Å². The summed E-state index contributed by atoms with van der Waals surface area (Å²) >= 11 is 0. The van der Waals surface area contributed by atoms with Gasteiger partial charge in [0.1, 0.15) is 0 Å². The molecule has 0 nitrogen and oxygen atoms in total. The molecule has 29 heavy (non-hydrogen) atoms. The average molecular weight is 385 g/mol. The Labute approximate surface area is 178 Å². The number of allylic oxidation sites excluding steroid dienone is 10. The summed E-state index contributed by atoms with van der Waals surface area (Å²) in [6.07, 6.45) is 18.0. The maximum Gasteiger partial charge on any atom is 0.00572 e. The van der Waals surface area contributed by atoms with Crippen LogP contribution in [0.25, 0.3) is 11.1 Å². The van der Waals surface area contributed by atoms with Gasteiger partial charge in [-0.3, -0.25) is 0 Å². The largest absolute Gasteiger partial charge is 0.0955 e. The van der Waals surface area contributed by atoms with Gasteiger partial charge in [0, 0.05) is 5.92 Å². The second-order valence-electron chi connectivity index (χ2n) is 8.73. The third kappa shape index (κ3) is 5.38. The number of benzene rings is 1. The lowest BCUT2D eigenvalue weighted by molar-refractivity contribution is 0.570. The van der Waals surface area contributed by atoms with E-state index >= 15 is 0 Å². The fourth-order valence-corrected chi connectivity index (χ4v) is 4.42. The Morgan fingerprint density at radius 3 is 2.59 bits per heavy atom. The smallest absolute Gasteiger partial charge is 0.00572 e. The summed E-state index contributed by atoms with van der Waals surface area (Å²) in [4.78, 5) is 0. The quantitative estimate of drug-likeness (QED) is 0.353. The lowest BCUT2D eigenvalue weighted by Crippen LogP contribution is -2.06. The first kappa shape index (κ1) is 21.4. The van der Waals surface area contributed by atoms with Crippen molar-refractivity contribution in [2.75, 3.05) is 0 Å². The Morgan fingerprint density at radius 1 is 1.10 bits per heavy atom. The van der Waals surface area contributed by atoms with E-state index in [2.05, 4.69) is 82.5 Å². The van der Waals surface area contributed by atoms with Gasteiger partial charge in [-0.05, 0) is 73.4 Å². The summed E-state index contributed by atoms with van der Waals surface area (Å²) < 4.78 is 0. The Kier molecular flexibility index (Phi) is 7.31. The van der Waals surface area contributed by atoms with Gasteiger partial charge in [-0.25, -0.2) is 0 Å². The van der Waals surface area contributed by atoms with Gasteiger partial charge in [0.2, 0.25) is 0 Å². The van der Waals surface area contributed by atoms with Gasteiger partial charge in [-0.15, -0.1) is 0 Å². The molecule has 1 unspecified atom stereocenters. The van der Waals surface area contributed by atoms with Gasteiger partial charge in [0.05, 0.1) is 0 Å². The molecule has 2 aliphatic carbocycles. The van der Waals surface area contributed by atoms with Crippen LogP contribution in [0.4, 0.5) is 0 Å². The normalized spacial score (nSPS) is 18.2. The van der Waals surface area contributed by atoms with Crippen molar-refractivity contribution in [1.82, 2.24) is 0 Å². The van der Waals surface area contributed by atoms with Crippen molar-refractivity contribution in [2.45, 2.75) is 65.7 Å². The summed E-state index contributed by atoms with van der Waals surface area (Å²) in [5.41, 5.74) is 10.9. The monoisotopic (exact) mass is 384 g/mol. The number of hydrogen-bond donors (Lipinski definition) is 0. The molecule has 0 bridgehead atoms. The van der Waals surface area contributed by atoms with Crippen LogP contribution in [-0.2, 0) is 0 Å². The van der Waals surface area contributed by atoms with E-state index in [4.69, 9.17) is 0 Å². The molecule has 0 saturated heterocycles. The molecule has 1 atom stereocenters. The molecule has 152 valence electrons. The third-order valence-electron chi connectivity index (χ3n) is 6.25. The Morgan fingerprint density at radius 2 is 1.90 bits per heavy atom. The molecule has 0 saturated carbocycles. The summed E-state index contributed by atoms with van der Waals surface area (Å²) in [5, 5.41) is 0. The molecule has 0 aromatic heterocycles. The maximum atomic E-state index is 4.40. The zero-order chi connectivity index (χ0) is 20.8. The van der Waals surface area contributed by atoms with Crippen molar-refractivity contribution >= 4 is 11.1 Å². The molecule has 2 aliphatic rings. The van der Waals surface area contributed by atoms with E-state index in [9.17, 15) is 0 Å². The molecule has 3 rings (SSSR count). The fourth-order valence-electron chi connectivity index (χ4n) is 4.42. The van der Waals surface area contributed by atoms with Crippen molar-refractivity contribution in [3.05, 3.63) is 95.1 Å². The molecule has 0 fully saturated rings. The SMILES string of the molecule is C=C(C)c1cccc(C(=C)CCC2=CC=C(C3=CCC(C)=C3)C2CCCCC)c1. The van der Waals surface area contributed by atoms with Crippen LogP contribution in [0.2, 0.25) is 0 Å². The molecule has 1 aromatic rings. The lowest BCUT2D eigenvalue weighted by Gasteiger charge is -2.21. The first-order valence-electron chi connectivity index (χ1n) is 11.2. The van der Waals surface area contributed by atoms with Crippen LogP contribution in [0.5, 0.6) is 0 Å². The van der Waals surface area contributed by atoms with Crippen LogP contribution in [0.15, 0.2) is 84.0 Å². The van der Waals surface area contributed by atoms with Gasteiger partial charge < -0.3 is 0 Å². The van der Waals surface area contributed by atoms with Crippen molar-refractivity contribution in [3.63, 3.8) is 0 Å². The molecule has 0 heterocycles. The van der Waals surface area contributed by atoms with Crippen molar-refractivity contribution in [3.8, 4) is 0 Å². The van der Waals surface area contributed by atoms with E-state index in [1.165, 1.54) is 53.5 Å². The summed E-state index contributed by atoms with van der Waals surface area (Å²) in [7, 11) is 0. The second-order valence-corrected chi connectivity index (χ2v) is 8.73. The second kappa shape index (κ2) is 9.92. The van der Waals surface area contributed by atoms with E-state index in [1.807, 2.05) is 0 Å². The minimum absolute atomic E-state index is 0.588. The van der Waals surface area contributed by atoms with Gasteiger partial charge in [0.15, 0.2) is 0 Å². The van der Waals surface area contributed by atoms with Gasteiger partial charge in [-0.1, -0.05) is 98.6 Å². The summed E-state index contributed by atoms with van der Waals surface area (Å²) in [5.74, 6) is 0.588. The van der Waals surface area contributed by atoms with Crippen LogP contribution < -0.4 is 0 Å². The maximum absolute atomic E-state index is 4.40. The first-order valence-corrected chi connectivity index (χ1v) is 11.2. The number of rotatable bonds is 10. The van der Waals surface area contributed by atoms with Crippen LogP contribution in [0.1, 0.15) is 76.8 Å². The predicted octanol–water partition coefficient (Wildman–Crippen LogP) is 8.85. The van der Waals surface area contributed by atoms with Gasteiger partial charge >= 0.3 is 0 Å². The van der Waals surface area contributed by atoms with Crippen molar-refractivity contribution < 1.29 is 0 Å². The van der Waals surface area contributed by atoms with Crippen molar-refractivity contribution in [1.29, 1.82) is 0 Å². The molecule has 0 spiro atoms. The van der Waals surface area contributed by atoms with E-state index in [-0.39, 0.29) is 0 Å². The van der Waals surface area contributed by atoms with E-state index in [1.54, 1.807) is 11.1 Å². The highest BCUT2D eigenvalue weighted by atomic mass is 14.3. The molecule has 0 radical (unpaired) electrons. The molecule has 0 heteroatoms. The topological polar surface area (TPSA) is 0 Å². The van der Waals surface area contributed by atoms with Crippen LogP contribution in [0, 0.1) is 5.92 Å². The highest BCUT2D eigenvalue weighted by Gasteiger charge is 2.25. The van der Waals surface area contributed by atoms with E-state index < -0.39 is 0 Å². The minimum Gasteiger partial charge on any atom is -0.0955 e. The molecular weight excluding hydrogens is 348 g/mol.